The summed E-state index contributed by atoms with van der Waals surface area (Å²) in [6.07, 6.45) is 2.18. The Hall–Kier alpha value is -1.37. The summed E-state index contributed by atoms with van der Waals surface area (Å²) in [5.41, 5.74) is 1.15. The van der Waals surface area contributed by atoms with E-state index in [9.17, 15) is 9.59 Å². The van der Waals surface area contributed by atoms with E-state index in [1.54, 1.807) is 4.90 Å². The Labute approximate surface area is 158 Å². The first-order valence-corrected chi connectivity index (χ1v) is 9.67. The number of ether oxygens (including phenoxy) is 1. The molecule has 0 bridgehead atoms. The van der Waals surface area contributed by atoms with Crippen LogP contribution in [0.15, 0.2) is 4.60 Å². The van der Waals surface area contributed by atoms with E-state index >= 15 is 0 Å². The standard InChI is InChI=1S/C18H28BrN3O3/c1-12(2)22-15-13(16(19)20-22)8-6-10-21(11-7-9-14(15)23)17(24)25-18(3,4)5/h12H,6-11H2,1-5H3. The molecule has 0 radical (unpaired) electrons. The molecule has 0 spiro atoms. The molecule has 1 amide bonds. The Bertz CT molecular complexity index is 647. The van der Waals surface area contributed by atoms with Crippen molar-refractivity contribution in [2.45, 2.75) is 71.9 Å². The van der Waals surface area contributed by atoms with Crippen molar-refractivity contribution in [3.8, 4) is 0 Å². The minimum absolute atomic E-state index is 0.0907. The molecule has 0 aromatic carbocycles. The highest BCUT2D eigenvalue weighted by molar-refractivity contribution is 9.10. The van der Waals surface area contributed by atoms with E-state index in [0.717, 1.165) is 16.6 Å². The summed E-state index contributed by atoms with van der Waals surface area (Å²) < 4.78 is 8.02. The topological polar surface area (TPSA) is 64.4 Å². The van der Waals surface area contributed by atoms with E-state index in [0.29, 0.717) is 38.0 Å². The summed E-state index contributed by atoms with van der Waals surface area (Å²) in [7, 11) is 0. The SMILES string of the molecule is CC(C)n1nc(Br)c2c1C(=O)CCCN(C(=O)OC(C)(C)C)CCC2. The summed E-state index contributed by atoms with van der Waals surface area (Å²) in [6, 6.07) is 0.130. The molecule has 7 heteroatoms. The number of hydrogen-bond acceptors (Lipinski definition) is 4. The van der Waals surface area contributed by atoms with E-state index in [1.807, 2.05) is 39.3 Å². The minimum atomic E-state index is -0.517. The summed E-state index contributed by atoms with van der Waals surface area (Å²) in [5, 5.41) is 4.50. The lowest BCUT2D eigenvalue weighted by Crippen LogP contribution is -2.38. The normalized spacial score (nSPS) is 16.8. The van der Waals surface area contributed by atoms with Gasteiger partial charge in [0.25, 0.3) is 0 Å². The smallest absolute Gasteiger partial charge is 0.410 e. The molecule has 0 unspecified atom stereocenters. The number of rotatable bonds is 1. The van der Waals surface area contributed by atoms with Gasteiger partial charge < -0.3 is 9.64 Å². The number of hydrogen-bond donors (Lipinski definition) is 0. The fourth-order valence-electron chi connectivity index (χ4n) is 2.95. The van der Waals surface area contributed by atoms with Gasteiger partial charge in [0.2, 0.25) is 0 Å². The third-order valence-electron chi connectivity index (χ3n) is 4.05. The number of fused-ring (bicyclic) bond motifs is 1. The van der Waals surface area contributed by atoms with Gasteiger partial charge in [-0.2, -0.15) is 5.10 Å². The molecule has 0 saturated heterocycles. The average molecular weight is 414 g/mol. The number of nitrogens with zero attached hydrogens (tertiary/aromatic N) is 3. The van der Waals surface area contributed by atoms with Crippen LogP contribution in [0.1, 0.15) is 76.0 Å². The van der Waals surface area contributed by atoms with Crippen LogP contribution in [0.4, 0.5) is 4.79 Å². The van der Waals surface area contributed by atoms with Crippen LogP contribution in [0, 0.1) is 0 Å². The maximum Gasteiger partial charge on any atom is 0.410 e. The largest absolute Gasteiger partial charge is 0.444 e. The quantitative estimate of drug-likeness (QED) is 0.685. The zero-order chi connectivity index (χ0) is 18.8. The number of halogens is 1. The van der Waals surface area contributed by atoms with Gasteiger partial charge in [0, 0.05) is 31.1 Å². The Morgan fingerprint density at radius 2 is 1.80 bits per heavy atom. The molecule has 6 nitrogen and oxygen atoms in total. The second-order valence-corrected chi connectivity index (χ2v) is 8.51. The maximum atomic E-state index is 12.8. The first-order valence-electron chi connectivity index (χ1n) is 8.88. The van der Waals surface area contributed by atoms with Gasteiger partial charge >= 0.3 is 6.09 Å². The Morgan fingerprint density at radius 3 is 2.36 bits per heavy atom. The lowest BCUT2D eigenvalue weighted by molar-refractivity contribution is 0.0243. The Morgan fingerprint density at radius 1 is 1.20 bits per heavy atom. The highest BCUT2D eigenvalue weighted by Crippen LogP contribution is 2.27. The zero-order valence-corrected chi connectivity index (χ0v) is 17.4. The predicted octanol–water partition coefficient (Wildman–Crippen LogP) is 4.37. The van der Waals surface area contributed by atoms with E-state index in [1.165, 1.54) is 0 Å². The zero-order valence-electron chi connectivity index (χ0n) is 15.8. The Balaban J connectivity index is 2.20. The summed E-state index contributed by atoms with van der Waals surface area (Å²) >= 11 is 3.50. The molecule has 0 atom stereocenters. The molecule has 0 aliphatic carbocycles. The molecular formula is C18H28BrN3O3. The van der Waals surface area contributed by atoms with Crippen LogP contribution >= 0.6 is 15.9 Å². The van der Waals surface area contributed by atoms with Crippen LogP contribution < -0.4 is 0 Å². The second kappa shape index (κ2) is 7.89. The third kappa shape index (κ3) is 5.06. The van der Waals surface area contributed by atoms with E-state index < -0.39 is 5.60 Å². The van der Waals surface area contributed by atoms with Crippen molar-refractivity contribution in [1.29, 1.82) is 0 Å². The second-order valence-electron chi connectivity index (χ2n) is 7.75. The summed E-state index contributed by atoms with van der Waals surface area (Å²) in [6.45, 7) is 10.8. The van der Waals surface area contributed by atoms with Crippen molar-refractivity contribution in [1.82, 2.24) is 14.7 Å². The van der Waals surface area contributed by atoms with Crippen molar-refractivity contribution >= 4 is 27.8 Å². The van der Waals surface area contributed by atoms with Gasteiger partial charge in [0.05, 0.1) is 0 Å². The maximum absolute atomic E-state index is 12.8. The predicted molar refractivity (Wildman–Crippen MR) is 100 cm³/mol. The summed E-state index contributed by atoms with van der Waals surface area (Å²) in [5.74, 6) is 0.0907. The monoisotopic (exact) mass is 413 g/mol. The van der Waals surface area contributed by atoms with Gasteiger partial charge in [0.1, 0.15) is 15.9 Å². The fourth-order valence-corrected chi connectivity index (χ4v) is 3.51. The highest BCUT2D eigenvalue weighted by atomic mass is 79.9. The molecular weight excluding hydrogens is 386 g/mol. The van der Waals surface area contributed by atoms with Crippen molar-refractivity contribution in [3.05, 3.63) is 15.9 Å². The lowest BCUT2D eigenvalue weighted by Gasteiger charge is -2.28. The van der Waals surface area contributed by atoms with Gasteiger partial charge in [-0.15, -0.1) is 0 Å². The molecule has 0 N–H and O–H groups in total. The minimum Gasteiger partial charge on any atom is -0.444 e. The van der Waals surface area contributed by atoms with Gasteiger partial charge in [-0.3, -0.25) is 9.48 Å². The third-order valence-corrected chi connectivity index (χ3v) is 4.69. The Kier molecular flexibility index (Phi) is 6.30. The first kappa shape index (κ1) is 19.9. The van der Waals surface area contributed by atoms with E-state index in [2.05, 4.69) is 21.0 Å². The fraction of sp³-hybridized carbons (Fsp3) is 0.722. The van der Waals surface area contributed by atoms with Crippen molar-refractivity contribution in [3.63, 3.8) is 0 Å². The molecule has 0 fully saturated rings. The molecule has 1 aliphatic rings. The van der Waals surface area contributed by atoms with Crippen molar-refractivity contribution < 1.29 is 14.3 Å². The number of amides is 1. The van der Waals surface area contributed by atoms with E-state index in [4.69, 9.17) is 4.74 Å². The average Bonchev–Trinajstić information content (AvgIpc) is 2.81. The number of ketones is 1. The highest BCUT2D eigenvalue weighted by Gasteiger charge is 2.27. The van der Waals surface area contributed by atoms with Crippen LogP contribution in [-0.4, -0.2) is 45.2 Å². The van der Waals surface area contributed by atoms with Crippen LogP contribution in [0.2, 0.25) is 0 Å². The molecule has 1 aromatic heterocycles. The number of aromatic nitrogens is 2. The number of Topliss-reactive ketones (excluding diaryl/α,β-unsaturated/α-hetero) is 1. The van der Waals surface area contributed by atoms with Crippen molar-refractivity contribution in [2.75, 3.05) is 13.1 Å². The molecule has 2 heterocycles. The summed E-state index contributed by atoms with van der Waals surface area (Å²) in [4.78, 5) is 26.8. The van der Waals surface area contributed by atoms with Crippen LogP contribution in [0.5, 0.6) is 0 Å². The van der Waals surface area contributed by atoms with Crippen LogP contribution in [0.3, 0.4) is 0 Å². The lowest BCUT2D eigenvalue weighted by atomic mass is 10.0. The van der Waals surface area contributed by atoms with Gasteiger partial charge in [0.15, 0.2) is 5.78 Å². The van der Waals surface area contributed by atoms with Crippen molar-refractivity contribution in [2.24, 2.45) is 0 Å². The molecule has 1 aromatic rings. The molecule has 1 aliphatic heterocycles. The number of carbonyl (C=O) groups is 2. The first-order chi connectivity index (χ1) is 11.6. The molecule has 25 heavy (non-hydrogen) atoms. The van der Waals surface area contributed by atoms with E-state index in [-0.39, 0.29) is 17.9 Å². The molecule has 0 saturated carbocycles. The van der Waals surface area contributed by atoms with Gasteiger partial charge in [-0.05, 0) is 69.8 Å². The number of carbonyl (C=O) groups excluding carboxylic acids is 2. The van der Waals surface area contributed by atoms with Gasteiger partial charge in [-0.1, -0.05) is 0 Å². The molecule has 140 valence electrons. The van der Waals surface area contributed by atoms with Gasteiger partial charge in [-0.25, -0.2) is 4.79 Å². The molecule has 2 rings (SSSR count). The van der Waals surface area contributed by atoms with Crippen LogP contribution in [0.25, 0.3) is 0 Å². The van der Waals surface area contributed by atoms with Crippen LogP contribution in [-0.2, 0) is 11.2 Å².